The summed E-state index contributed by atoms with van der Waals surface area (Å²) in [5.41, 5.74) is 4.10. The van der Waals surface area contributed by atoms with Crippen LogP contribution in [-0.4, -0.2) is 94.4 Å². The number of likely N-dealkylation sites (tertiary alicyclic amines) is 2. The molecule has 298 valence electrons. The Morgan fingerprint density at radius 1 is 0.804 bits per heavy atom. The molecular formula is C41H45F4N5O6. The van der Waals surface area contributed by atoms with E-state index in [-0.39, 0.29) is 36.9 Å². The van der Waals surface area contributed by atoms with Crippen LogP contribution in [-0.2, 0) is 35.1 Å². The number of hydrogen-bond donors (Lipinski definition) is 1. The second-order valence-electron chi connectivity index (χ2n) is 15.6. The first kappa shape index (κ1) is 40.4. The summed E-state index contributed by atoms with van der Waals surface area (Å²) in [6, 6.07) is 8.56. The highest BCUT2D eigenvalue weighted by Crippen LogP contribution is 2.43. The summed E-state index contributed by atoms with van der Waals surface area (Å²) in [4.78, 5) is 65.8. The first-order valence-electron chi connectivity index (χ1n) is 18.6. The number of aromatic amines is 1. The maximum absolute atomic E-state index is 14.8. The number of H-pyrrole nitrogens is 1. The van der Waals surface area contributed by atoms with Gasteiger partial charge in [-0.1, -0.05) is 39.5 Å². The van der Waals surface area contributed by atoms with Gasteiger partial charge < -0.3 is 24.3 Å². The van der Waals surface area contributed by atoms with E-state index in [1.54, 1.807) is 58.0 Å². The molecule has 2 saturated heterocycles. The maximum atomic E-state index is 14.8. The number of aromatic nitrogens is 2. The van der Waals surface area contributed by atoms with E-state index in [2.05, 4.69) is 26.8 Å². The lowest BCUT2D eigenvalue weighted by molar-refractivity contribution is -0.149. The molecule has 0 spiro atoms. The predicted molar refractivity (Wildman–Crippen MR) is 198 cm³/mol. The Balaban J connectivity index is 1.18. The SMILES string of the molecule is COC(=O)C[C@H](C(=O)N1CC(F)(F)C[C@H]1C1=Nc2ccc(C#Cc3ccc4nc([C@@H]5CC(F)(F)CN5C(=O)[C@@H](CC(=O)OC)C(C)C)[nH]c4c3)cc2C1)C(C)C. The van der Waals surface area contributed by atoms with Crippen molar-refractivity contribution < 1.29 is 46.2 Å². The van der Waals surface area contributed by atoms with E-state index in [9.17, 15) is 36.7 Å². The van der Waals surface area contributed by atoms with E-state index in [0.717, 1.165) is 15.4 Å². The first-order chi connectivity index (χ1) is 26.4. The van der Waals surface area contributed by atoms with Crippen LogP contribution in [0.1, 0.15) is 81.9 Å². The summed E-state index contributed by atoms with van der Waals surface area (Å²) in [6.45, 7) is 5.49. The standard InChI is InChI=1S/C41H45F4N5O6/c1-22(2)27(16-35(51)55-5)38(53)49-20-40(42,43)18-33(49)32-15-26-13-24(9-11-29(26)46-32)7-8-25-10-12-30-31(14-25)48-37(47-30)34-19-41(44,45)21-50(34)39(54)28(23(3)4)17-36(52)56-6/h9-14,22-23,27-28,33-34H,15-21H2,1-6H3,(H,47,48)/t27-,28-,33-,34-/m0/s1. The monoisotopic (exact) mass is 779 g/mol. The molecule has 56 heavy (non-hydrogen) atoms. The second-order valence-corrected chi connectivity index (χ2v) is 15.6. The molecule has 0 aliphatic carbocycles. The van der Waals surface area contributed by atoms with Crippen LogP contribution in [0.5, 0.6) is 0 Å². The van der Waals surface area contributed by atoms with Gasteiger partial charge in [0, 0.05) is 36.1 Å². The quantitative estimate of drug-likeness (QED) is 0.143. The largest absolute Gasteiger partial charge is 0.469 e. The van der Waals surface area contributed by atoms with Crippen LogP contribution in [0.2, 0.25) is 0 Å². The zero-order chi connectivity index (χ0) is 40.7. The Morgan fingerprint density at radius 2 is 1.32 bits per heavy atom. The Labute approximate surface area is 322 Å². The third-order valence-electron chi connectivity index (χ3n) is 10.8. The van der Waals surface area contributed by atoms with Crippen LogP contribution in [0.15, 0.2) is 41.4 Å². The first-order valence-corrected chi connectivity index (χ1v) is 18.6. The number of aliphatic imine (C=N–C) groups is 1. The number of halogens is 4. The molecule has 2 aromatic carbocycles. The minimum absolute atomic E-state index is 0.203. The number of nitrogens with one attached hydrogen (secondary N) is 1. The minimum Gasteiger partial charge on any atom is -0.469 e. The maximum Gasteiger partial charge on any atom is 0.306 e. The molecule has 11 nitrogen and oxygen atoms in total. The highest BCUT2D eigenvalue weighted by molar-refractivity contribution is 6.01. The third-order valence-corrected chi connectivity index (χ3v) is 10.8. The van der Waals surface area contributed by atoms with Crippen LogP contribution >= 0.6 is 0 Å². The van der Waals surface area contributed by atoms with Crippen molar-refractivity contribution >= 4 is 46.2 Å². The highest BCUT2D eigenvalue weighted by Gasteiger charge is 2.52. The molecule has 0 bridgehead atoms. The Morgan fingerprint density at radius 3 is 1.88 bits per heavy atom. The van der Waals surface area contributed by atoms with Gasteiger partial charge in [0.05, 0.1) is 80.8 Å². The summed E-state index contributed by atoms with van der Waals surface area (Å²) < 4.78 is 68.8. The number of alkyl halides is 4. The van der Waals surface area contributed by atoms with Gasteiger partial charge in [0.15, 0.2) is 0 Å². The average molecular weight is 780 g/mol. The predicted octanol–water partition coefficient (Wildman–Crippen LogP) is 6.41. The third kappa shape index (κ3) is 8.59. The van der Waals surface area contributed by atoms with Gasteiger partial charge in [0.2, 0.25) is 11.8 Å². The van der Waals surface area contributed by atoms with E-state index < -0.39 is 85.4 Å². The number of carbonyl (C=O) groups is 4. The smallest absolute Gasteiger partial charge is 0.306 e. The minimum atomic E-state index is -3.15. The molecule has 3 aliphatic heterocycles. The van der Waals surface area contributed by atoms with Crippen molar-refractivity contribution in [2.24, 2.45) is 28.7 Å². The Kier molecular flexibility index (Phi) is 11.3. The topological polar surface area (TPSA) is 134 Å². The van der Waals surface area contributed by atoms with Crippen molar-refractivity contribution in [3.8, 4) is 11.8 Å². The molecular weight excluding hydrogens is 734 g/mol. The molecule has 6 rings (SSSR count). The fourth-order valence-electron chi connectivity index (χ4n) is 7.71. The average Bonchev–Trinajstić information content (AvgIpc) is 3.92. The fraction of sp³-hybridized carbons (Fsp3) is 0.512. The molecule has 4 atom stereocenters. The van der Waals surface area contributed by atoms with E-state index in [1.165, 1.54) is 14.2 Å². The zero-order valence-electron chi connectivity index (χ0n) is 32.1. The summed E-state index contributed by atoms with van der Waals surface area (Å²) >= 11 is 0. The molecule has 4 heterocycles. The Bertz CT molecular complexity index is 2140. The van der Waals surface area contributed by atoms with E-state index in [1.807, 2.05) is 6.07 Å². The van der Waals surface area contributed by atoms with Gasteiger partial charge in [0.1, 0.15) is 5.82 Å². The molecule has 0 radical (unpaired) electrons. The van der Waals surface area contributed by atoms with Crippen molar-refractivity contribution in [1.82, 2.24) is 19.8 Å². The number of amides is 2. The molecule has 0 saturated carbocycles. The van der Waals surface area contributed by atoms with Gasteiger partial charge in [-0.25, -0.2) is 22.5 Å². The number of hydrogen-bond acceptors (Lipinski definition) is 8. The van der Waals surface area contributed by atoms with Crippen molar-refractivity contribution in [3.05, 3.63) is 58.9 Å². The molecule has 3 aromatic rings. The summed E-state index contributed by atoms with van der Waals surface area (Å²) in [5.74, 6) is -4.33. The summed E-state index contributed by atoms with van der Waals surface area (Å²) in [7, 11) is 2.43. The number of methoxy groups -OCH3 is 2. The van der Waals surface area contributed by atoms with Gasteiger partial charge in [-0.3, -0.25) is 24.2 Å². The zero-order valence-corrected chi connectivity index (χ0v) is 32.1. The normalized spacial score (nSPS) is 20.8. The lowest BCUT2D eigenvalue weighted by Crippen LogP contribution is -2.45. The fourth-order valence-corrected chi connectivity index (χ4v) is 7.71. The van der Waals surface area contributed by atoms with Crippen LogP contribution in [0.25, 0.3) is 11.0 Å². The summed E-state index contributed by atoms with van der Waals surface area (Å²) in [6.07, 6.45) is -1.36. The Hall–Kier alpha value is -5.26. The lowest BCUT2D eigenvalue weighted by atomic mass is 9.90. The van der Waals surface area contributed by atoms with Crippen molar-refractivity contribution in [3.63, 3.8) is 0 Å². The highest BCUT2D eigenvalue weighted by atomic mass is 19.3. The van der Waals surface area contributed by atoms with E-state index in [0.29, 0.717) is 33.6 Å². The van der Waals surface area contributed by atoms with Crippen molar-refractivity contribution in [1.29, 1.82) is 0 Å². The lowest BCUT2D eigenvalue weighted by Gasteiger charge is -2.29. The summed E-state index contributed by atoms with van der Waals surface area (Å²) in [5, 5.41) is 0. The van der Waals surface area contributed by atoms with Crippen LogP contribution in [0, 0.1) is 35.5 Å². The van der Waals surface area contributed by atoms with E-state index >= 15 is 0 Å². The molecule has 0 unspecified atom stereocenters. The van der Waals surface area contributed by atoms with Gasteiger partial charge in [0.25, 0.3) is 11.8 Å². The number of ether oxygens (including phenoxy) is 2. The number of esters is 2. The number of fused-ring (bicyclic) bond motifs is 2. The number of rotatable bonds is 10. The number of imidazole rings is 1. The number of carbonyl (C=O) groups excluding carboxylic acids is 4. The second kappa shape index (κ2) is 15.7. The molecule has 1 N–H and O–H groups in total. The van der Waals surface area contributed by atoms with Crippen LogP contribution in [0.4, 0.5) is 23.2 Å². The van der Waals surface area contributed by atoms with Crippen molar-refractivity contribution in [2.45, 2.75) is 83.7 Å². The molecule has 3 aliphatic rings. The molecule has 15 heteroatoms. The van der Waals surface area contributed by atoms with Crippen LogP contribution < -0.4 is 0 Å². The van der Waals surface area contributed by atoms with Gasteiger partial charge in [-0.05, 0) is 53.8 Å². The molecule has 1 aromatic heterocycles. The van der Waals surface area contributed by atoms with Crippen molar-refractivity contribution in [2.75, 3.05) is 27.3 Å². The van der Waals surface area contributed by atoms with Gasteiger partial charge >= 0.3 is 11.9 Å². The van der Waals surface area contributed by atoms with Gasteiger partial charge in [-0.2, -0.15) is 0 Å². The number of benzene rings is 2. The number of nitrogens with zero attached hydrogens (tertiary/aromatic N) is 4. The van der Waals surface area contributed by atoms with Gasteiger partial charge in [-0.15, -0.1) is 0 Å². The molecule has 2 fully saturated rings. The molecule has 2 amide bonds. The van der Waals surface area contributed by atoms with Crippen LogP contribution in [0.3, 0.4) is 0 Å². The van der Waals surface area contributed by atoms with E-state index in [4.69, 9.17) is 9.47 Å².